The van der Waals surface area contributed by atoms with Gasteiger partial charge in [-0.2, -0.15) is 0 Å². The van der Waals surface area contributed by atoms with Crippen LogP contribution in [-0.2, 0) is 16.1 Å². The van der Waals surface area contributed by atoms with Crippen LogP contribution in [0.3, 0.4) is 0 Å². The molecule has 3 rings (SSSR count). The first kappa shape index (κ1) is 21.6. The van der Waals surface area contributed by atoms with E-state index < -0.39 is 0 Å². The molecule has 1 aliphatic heterocycles. The minimum absolute atomic E-state index is 0.0104. The summed E-state index contributed by atoms with van der Waals surface area (Å²) >= 11 is 3.40. The molecule has 29 heavy (non-hydrogen) atoms. The van der Waals surface area contributed by atoms with E-state index in [1.165, 1.54) is 0 Å². The molecule has 1 fully saturated rings. The van der Waals surface area contributed by atoms with Crippen molar-refractivity contribution in [3.05, 3.63) is 58.5 Å². The monoisotopic (exact) mass is 462 g/mol. The third-order valence-corrected chi connectivity index (χ3v) is 5.48. The van der Waals surface area contributed by atoms with Gasteiger partial charge in [-0.1, -0.05) is 22.0 Å². The molecule has 0 saturated carbocycles. The lowest BCUT2D eigenvalue weighted by atomic mass is 10.1. The maximum absolute atomic E-state index is 13.2. The lowest BCUT2D eigenvalue weighted by molar-refractivity contribution is -0.134. The highest BCUT2D eigenvalue weighted by Gasteiger charge is 2.28. The lowest BCUT2D eigenvalue weighted by Crippen LogP contribution is -2.47. The van der Waals surface area contributed by atoms with Crippen molar-refractivity contribution in [1.29, 1.82) is 0 Å². The molecule has 2 aromatic rings. The summed E-state index contributed by atoms with van der Waals surface area (Å²) in [6, 6.07) is 10.8. The van der Waals surface area contributed by atoms with E-state index in [0.717, 1.165) is 23.9 Å². The van der Waals surface area contributed by atoms with Gasteiger partial charge in [-0.05, 0) is 57.0 Å². The highest BCUT2D eigenvalue weighted by molar-refractivity contribution is 9.10. The van der Waals surface area contributed by atoms with Crippen molar-refractivity contribution >= 4 is 27.7 Å². The predicted octanol–water partition coefficient (Wildman–Crippen LogP) is 4.10. The normalized spacial score (nSPS) is 16.2. The van der Waals surface area contributed by atoms with Crippen LogP contribution in [0.25, 0.3) is 0 Å². The maximum Gasteiger partial charge on any atom is 0.254 e. The minimum atomic E-state index is -0.162. The zero-order valence-electron chi connectivity index (χ0n) is 16.8. The van der Waals surface area contributed by atoms with Crippen LogP contribution in [0, 0.1) is 0 Å². The van der Waals surface area contributed by atoms with Gasteiger partial charge in [-0.3, -0.25) is 9.59 Å². The highest BCUT2D eigenvalue weighted by Crippen LogP contribution is 2.18. The number of furan rings is 1. The summed E-state index contributed by atoms with van der Waals surface area (Å²) in [7, 11) is 0. The number of halogens is 1. The largest absolute Gasteiger partial charge is 0.467 e. The van der Waals surface area contributed by atoms with Crippen LogP contribution in [-0.4, -0.2) is 53.5 Å². The quantitative estimate of drug-likeness (QED) is 0.592. The topological polar surface area (TPSA) is 63.0 Å². The molecule has 1 unspecified atom stereocenters. The van der Waals surface area contributed by atoms with Crippen molar-refractivity contribution in [2.24, 2.45) is 0 Å². The van der Waals surface area contributed by atoms with Crippen molar-refractivity contribution in [3.8, 4) is 0 Å². The first-order valence-corrected chi connectivity index (χ1v) is 10.7. The molecule has 1 aromatic carbocycles. The van der Waals surface area contributed by atoms with Gasteiger partial charge in [0, 0.05) is 29.2 Å². The molecule has 1 saturated heterocycles. The molecule has 0 bridgehead atoms. The average Bonchev–Trinajstić information content (AvgIpc) is 3.39. The Morgan fingerprint density at radius 1 is 1.24 bits per heavy atom. The van der Waals surface area contributed by atoms with Gasteiger partial charge < -0.3 is 19.0 Å². The standard InChI is InChI=1S/C22H27BrN2O4/c1-16(2)25(22(27)17-6-3-7-18(23)12-17)15-21(26)24(13-19-8-4-10-28-19)14-20-9-5-11-29-20/h3-4,6-8,10,12,16,20H,5,9,11,13-15H2,1-2H3. The lowest BCUT2D eigenvalue weighted by Gasteiger charge is -2.31. The molecule has 156 valence electrons. The second kappa shape index (κ2) is 10.1. The fourth-order valence-electron chi connectivity index (χ4n) is 3.40. The molecule has 1 aliphatic rings. The van der Waals surface area contributed by atoms with Gasteiger partial charge in [0.1, 0.15) is 12.3 Å². The Morgan fingerprint density at radius 2 is 2.07 bits per heavy atom. The Kier molecular flexibility index (Phi) is 7.50. The summed E-state index contributed by atoms with van der Waals surface area (Å²) in [5.74, 6) is 0.435. The van der Waals surface area contributed by atoms with Gasteiger partial charge in [-0.15, -0.1) is 0 Å². The first-order valence-electron chi connectivity index (χ1n) is 9.92. The molecule has 0 N–H and O–H groups in total. The van der Waals surface area contributed by atoms with Crippen molar-refractivity contribution in [3.63, 3.8) is 0 Å². The van der Waals surface area contributed by atoms with E-state index in [1.807, 2.05) is 32.0 Å². The van der Waals surface area contributed by atoms with Gasteiger partial charge in [0.05, 0.1) is 18.9 Å². The Morgan fingerprint density at radius 3 is 2.69 bits per heavy atom. The Hall–Kier alpha value is -2.12. The fraction of sp³-hybridized carbons (Fsp3) is 0.455. The number of amides is 2. The molecule has 1 atom stereocenters. The molecule has 0 spiro atoms. The number of hydrogen-bond acceptors (Lipinski definition) is 4. The maximum atomic E-state index is 13.2. The molecule has 7 heteroatoms. The number of carbonyl (C=O) groups is 2. The van der Waals surface area contributed by atoms with E-state index in [-0.39, 0.29) is 30.5 Å². The molecule has 1 aromatic heterocycles. The number of ether oxygens (including phenoxy) is 1. The molecule has 2 heterocycles. The van der Waals surface area contributed by atoms with E-state index in [2.05, 4.69) is 15.9 Å². The third-order valence-electron chi connectivity index (χ3n) is 4.99. The van der Waals surface area contributed by atoms with Gasteiger partial charge >= 0.3 is 0 Å². The zero-order valence-corrected chi connectivity index (χ0v) is 18.4. The number of benzene rings is 1. The second-order valence-electron chi connectivity index (χ2n) is 7.53. The number of rotatable bonds is 8. The summed E-state index contributed by atoms with van der Waals surface area (Å²) < 4.78 is 12.0. The smallest absolute Gasteiger partial charge is 0.254 e. The molecular weight excluding hydrogens is 436 g/mol. The summed E-state index contributed by atoms with van der Waals surface area (Å²) in [6.45, 7) is 5.43. The van der Waals surface area contributed by atoms with Crippen LogP contribution in [0.15, 0.2) is 51.6 Å². The second-order valence-corrected chi connectivity index (χ2v) is 8.44. The minimum Gasteiger partial charge on any atom is -0.467 e. The Labute approximate surface area is 179 Å². The van der Waals surface area contributed by atoms with E-state index in [1.54, 1.807) is 34.3 Å². The number of nitrogens with zero attached hydrogens (tertiary/aromatic N) is 2. The molecular formula is C22H27BrN2O4. The molecule has 6 nitrogen and oxygen atoms in total. The third kappa shape index (κ3) is 5.93. The summed E-state index contributed by atoms with van der Waals surface area (Å²) in [4.78, 5) is 29.6. The summed E-state index contributed by atoms with van der Waals surface area (Å²) in [6.07, 6.45) is 3.57. The first-order chi connectivity index (χ1) is 13.9. The average molecular weight is 463 g/mol. The van der Waals surface area contributed by atoms with E-state index in [0.29, 0.717) is 24.4 Å². The molecule has 2 amide bonds. The number of carbonyl (C=O) groups excluding carboxylic acids is 2. The van der Waals surface area contributed by atoms with Crippen LogP contribution >= 0.6 is 15.9 Å². The van der Waals surface area contributed by atoms with Crippen LogP contribution in [0.4, 0.5) is 0 Å². The van der Waals surface area contributed by atoms with Crippen LogP contribution in [0.2, 0.25) is 0 Å². The summed E-state index contributed by atoms with van der Waals surface area (Å²) in [5.41, 5.74) is 0.553. The van der Waals surface area contributed by atoms with Gasteiger partial charge in [0.15, 0.2) is 0 Å². The molecule has 0 radical (unpaired) electrons. The summed E-state index contributed by atoms with van der Waals surface area (Å²) in [5, 5.41) is 0. The predicted molar refractivity (Wildman–Crippen MR) is 113 cm³/mol. The Bertz CT molecular complexity index is 816. The fourth-order valence-corrected chi connectivity index (χ4v) is 3.80. The van der Waals surface area contributed by atoms with Crippen LogP contribution in [0.5, 0.6) is 0 Å². The zero-order chi connectivity index (χ0) is 20.8. The number of hydrogen-bond donors (Lipinski definition) is 0. The van der Waals surface area contributed by atoms with Crippen LogP contribution in [0.1, 0.15) is 42.8 Å². The van der Waals surface area contributed by atoms with Crippen LogP contribution < -0.4 is 0 Å². The highest BCUT2D eigenvalue weighted by atomic mass is 79.9. The van der Waals surface area contributed by atoms with Crippen molar-refractivity contribution in [2.45, 2.75) is 45.4 Å². The molecule has 0 aliphatic carbocycles. The van der Waals surface area contributed by atoms with E-state index in [4.69, 9.17) is 9.15 Å². The van der Waals surface area contributed by atoms with Crippen molar-refractivity contribution in [1.82, 2.24) is 9.80 Å². The van der Waals surface area contributed by atoms with Crippen molar-refractivity contribution in [2.75, 3.05) is 19.7 Å². The van der Waals surface area contributed by atoms with Crippen molar-refractivity contribution < 1.29 is 18.7 Å². The van der Waals surface area contributed by atoms with Gasteiger partial charge in [0.2, 0.25) is 5.91 Å². The SMILES string of the molecule is CC(C)N(CC(=O)N(Cc1ccco1)CC1CCCO1)C(=O)c1cccc(Br)c1. The van der Waals surface area contributed by atoms with Gasteiger partial charge in [0.25, 0.3) is 5.91 Å². The van der Waals surface area contributed by atoms with Gasteiger partial charge in [-0.25, -0.2) is 0 Å². The van der Waals surface area contributed by atoms with E-state index >= 15 is 0 Å². The Balaban J connectivity index is 1.74. The van der Waals surface area contributed by atoms with E-state index in [9.17, 15) is 9.59 Å².